The lowest BCUT2D eigenvalue weighted by molar-refractivity contribution is 0.356. The summed E-state index contributed by atoms with van der Waals surface area (Å²) in [6.07, 6.45) is 0.170. The number of likely N-dealkylation sites (N-methyl/N-ethyl adjacent to an activating group) is 1. The van der Waals surface area contributed by atoms with Crippen LogP contribution in [0.2, 0.25) is 10.3 Å². The van der Waals surface area contributed by atoms with Gasteiger partial charge in [-0.1, -0.05) is 29.3 Å². The van der Waals surface area contributed by atoms with Crippen molar-refractivity contribution in [1.29, 1.82) is 0 Å². The summed E-state index contributed by atoms with van der Waals surface area (Å²) in [5.74, 6) is 0. The molecular formula is C11H9Cl2N3O. The Labute approximate surface area is 108 Å². The molecule has 1 aliphatic heterocycles. The topological polar surface area (TPSA) is 50.3 Å². The standard InChI is InChI=1S/C11H9Cl2N3O/c1-14-11-8(17-11)5-2-3-6-7(4-5)16-10(13)9(12)15-6/h2-4,8,11,14H,1H3. The van der Waals surface area contributed by atoms with E-state index in [1.165, 1.54) is 0 Å². The highest BCUT2D eigenvalue weighted by Crippen LogP contribution is 2.37. The number of ether oxygens (including phenoxy) is 1. The maximum absolute atomic E-state index is 5.84. The van der Waals surface area contributed by atoms with Gasteiger partial charge in [0.05, 0.1) is 11.0 Å². The molecule has 2 unspecified atom stereocenters. The molecule has 1 aromatic carbocycles. The first kappa shape index (κ1) is 11.2. The number of benzene rings is 1. The zero-order valence-corrected chi connectivity index (χ0v) is 10.5. The molecule has 1 N–H and O–H groups in total. The quantitative estimate of drug-likeness (QED) is 0.852. The minimum atomic E-state index is 0.0839. The van der Waals surface area contributed by atoms with Gasteiger partial charge in [-0.2, -0.15) is 0 Å². The predicted octanol–water partition coefficient (Wildman–Crippen LogP) is 2.55. The maximum Gasteiger partial charge on any atom is 0.167 e. The molecule has 0 bridgehead atoms. The molecule has 0 radical (unpaired) electrons. The molecule has 2 atom stereocenters. The van der Waals surface area contributed by atoms with Crippen LogP contribution < -0.4 is 5.32 Å². The van der Waals surface area contributed by atoms with E-state index in [-0.39, 0.29) is 22.6 Å². The van der Waals surface area contributed by atoms with E-state index in [2.05, 4.69) is 15.3 Å². The van der Waals surface area contributed by atoms with Gasteiger partial charge in [0, 0.05) is 0 Å². The average molecular weight is 270 g/mol. The summed E-state index contributed by atoms with van der Waals surface area (Å²) < 4.78 is 5.44. The molecule has 1 aliphatic rings. The predicted molar refractivity (Wildman–Crippen MR) is 66.2 cm³/mol. The number of hydrogen-bond acceptors (Lipinski definition) is 4. The van der Waals surface area contributed by atoms with Gasteiger partial charge in [0.2, 0.25) is 0 Å². The summed E-state index contributed by atoms with van der Waals surface area (Å²) in [6, 6.07) is 5.75. The normalized spacial score (nSPS) is 23.0. The fraction of sp³-hybridized carbons (Fsp3) is 0.273. The van der Waals surface area contributed by atoms with Crippen LogP contribution in [0.25, 0.3) is 11.0 Å². The molecule has 0 aliphatic carbocycles. The van der Waals surface area contributed by atoms with Crippen LogP contribution in [0.1, 0.15) is 11.7 Å². The van der Waals surface area contributed by atoms with Crippen LogP contribution in [0, 0.1) is 0 Å². The van der Waals surface area contributed by atoms with Gasteiger partial charge in [-0.05, 0) is 24.7 Å². The van der Waals surface area contributed by atoms with E-state index < -0.39 is 0 Å². The van der Waals surface area contributed by atoms with Crippen molar-refractivity contribution in [2.24, 2.45) is 0 Å². The fourth-order valence-electron chi connectivity index (χ4n) is 1.79. The molecule has 1 saturated heterocycles. The van der Waals surface area contributed by atoms with E-state index in [1.54, 1.807) is 0 Å². The fourth-order valence-corrected chi connectivity index (χ4v) is 2.06. The summed E-state index contributed by atoms with van der Waals surface area (Å²) in [5.41, 5.74) is 2.51. The lowest BCUT2D eigenvalue weighted by Gasteiger charge is -2.01. The highest BCUT2D eigenvalue weighted by molar-refractivity contribution is 6.40. The summed E-state index contributed by atoms with van der Waals surface area (Å²) >= 11 is 11.6. The monoisotopic (exact) mass is 269 g/mol. The smallest absolute Gasteiger partial charge is 0.167 e. The van der Waals surface area contributed by atoms with Crippen molar-refractivity contribution in [3.8, 4) is 0 Å². The van der Waals surface area contributed by atoms with Crippen molar-refractivity contribution < 1.29 is 4.74 Å². The highest BCUT2D eigenvalue weighted by atomic mass is 35.5. The van der Waals surface area contributed by atoms with Gasteiger partial charge in [-0.25, -0.2) is 9.97 Å². The van der Waals surface area contributed by atoms with Crippen LogP contribution in [0.5, 0.6) is 0 Å². The maximum atomic E-state index is 5.84. The van der Waals surface area contributed by atoms with E-state index in [1.807, 2.05) is 25.2 Å². The zero-order chi connectivity index (χ0) is 12.0. The van der Waals surface area contributed by atoms with Gasteiger partial charge in [0.1, 0.15) is 12.3 Å². The van der Waals surface area contributed by atoms with Crippen LogP contribution in [0.3, 0.4) is 0 Å². The summed E-state index contributed by atoms with van der Waals surface area (Å²) in [7, 11) is 1.86. The Kier molecular flexibility index (Phi) is 2.67. The van der Waals surface area contributed by atoms with E-state index in [4.69, 9.17) is 27.9 Å². The van der Waals surface area contributed by atoms with Gasteiger partial charge in [-0.15, -0.1) is 0 Å². The van der Waals surface area contributed by atoms with Crippen molar-refractivity contribution in [3.63, 3.8) is 0 Å². The zero-order valence-electron chi connectivity index (χ0n) is 8.95. The van der Waals surface area contributed by atoms with Gasteiger partial charge in [-0.3, -0.25) is 5.32 Å². The first-order valence-electron chi connectivity index (χ1n) is 5.14. The van der Waals surface area contributed by atoms with Crippen LogP contribution in [-0.2, 0) is 4.74 Å². The first-order chi connectivity index (χ1) is 8.19. The molecule has 0 saturated carbocycles. The van der Waals surface area contributed by atoms with Gasteiger partial charge < -0.3 is 4.74 Å². The highest BCUT2D eigenvalue weighted by Gasteiger charge is 2.38. The van der Waals surface area contributed by atoms with Crippen LogP contribution in [0.4, 0.5) is 0 Å². The van der Waals surface area contributed by atoms with E-state index in [0.29, 0.717) is 0 Å². The number of rotatable bonds is 2. The number of nitrogens with one attached hydrogen (secondary N) is 1. The number of fused-ring (bicyclic) bond motifs is 1. The molecule has 1 aromatic heterocycles. The summed E-state index contributed by atoms with van der Waals surface area (Å²) in [5, 5.41) is 3.50. The second kappa shape index (κ2) is 4.07. The molecule has 2 heterocycles. The molecule has 0 spiro atoms. The Morgan fingerprint density at radius 3 is 2.53 bits per heavy atom. The van der Waals surface area contributed by atoms with Crippen LogP contribution >= 0.6 is 23.2 Å². The van der Waals surface area contributed by atoms with E-state index in [0.717, 1.165) is 16.6 Å². The lowest BCUT2D eigenvalue weighted by atomic mass is 10.1. The average Bonchev–Trinajstić information content (AvgIpc) is 3.09. The number of aromatic nitrogens is 2. The minimum Gasteiger partial charge on any atom is -0.348 e. The van der Waals surface area contributed by atoms with Crippen LogP contribution in [-0.4, -0.2) is 23.2 Å². The third-order valence-corrected chi connectivity index (χ3v) is 3.34. The number of epoxide rings is 1. The van der Waals surface area contributed by atoms with Gasteiger partial charge in [0.15, 0.2) is 10.3 Å². The Bertz CT molecular complexity index is 590. The van der Waals surface area contributed by atoms with Crippen molar-refractivity contribution in [3.05, 3.63) is 34.1 Å². The second-order valence-corrected chi connectivity index (χ2v) is 4.54. The third kappa shape index (κ3) is 1.98. The van der Waals surface area contributed by atoms with Gasteiger partial charge >= 0.3 is 0 Å². The Hall–Kier alpha value is -0.940. The molecule has 0 amide bonds. The molecular weight excluding hydrogens is 261 g/mol. The van der Waals surface area contributed by atoms with Crippen molar-refractivity contribution in [1.82, 2.24) is 15.3 Å². The van der Waals surface area contributed by atoms with Crippen molar-refractivity contribution in [2.75, 3.05) is 7.05 Å². The van der Waals surface area contributed by atoms with Crippen molar-refractivity contribution in [2.45, 2.75) is 12.3 Å². The van der Waals surface area contributed by atoms with E-state index in [9.17, 15) is 0 Å². The number of halogens is 2. The summed E-state index contributed by atoms with van der Waals surface area (Å²) in [6.45, 7) is 0. The molecule has 3 rings (SSSR count). The molecule has 6 heteroatoms. The number of hydrogen-bond donors (Lipinski definition) is 1. The van der Waals surface area contributed by atoms with E-state index >= 15 is 0 Å². The summed E-state index contributed by atoms with van der Waals surface area (Å²) in [4.78, 5) is 8.34. The SMILES string of the molecule is CNC1OC1c1ccc2nc(Cl)c(Cl)nc2c1. The lowest BCUT2D eigenvalue weighted by Crippen LogP contribution is -2.10. The van der Waals surface area contributed by atoms with Crippen LogP contribution in [0.15, 0.2) is 18.2 Å². The first-order valence-corrected chi connectivity index (χ1v) is 5.90. The second-order valence-electron chi connectivity index (χ2n) is 3.82. The third-order valence-electron chi connectivity index (χ3n) is 2.71. The molecule has 17 heavy (non-hydrogen) atoms. The number of nitrogens with zero attached hydrogens (tertiary/aromatic N) is 2. The van der Waals surface area contributed by atoms with Gasteiger partial charge in [0.25, 0.3) is 0 Å². The molecule has 1 fully saturated rings. The minimum absolute atomic E-state index is 0.0839. The van der Waals surface area contributed by atoms with Crippen molar-refractivity contribution >= 4 is 34.2 Å². The molecule has 2 aromatic rings. The Morgan fingerprint density at radius 2 is 1.88 bits per heavy atom. The Morgan fingerprint density at radius 1 is 1.18 bits per heavy atom. The Balaban J connectivity index is 2.04. The molecule has 88 valence electrons. The molecule has 4 nitrogen and oxygen atoms in total. The largest absolute Gasteiger partial charge is 0.348 e.